The number of nitrogens with one attached hydrogen (secondary N) is 1. The topological polar surface area (TPSA) is 78.5 Å². The third-order valence-corrected chi connectivity index (χ3v) is 4.35. The predicted molar refractivity (Wildman–Crippen MR) is 78.0 cm³/mol. The van der Waals surface area contributed by atoms with Gasteiger partial charge in [-0.05, 0) is 24.1 Å². The van der Waals surface area contributed by atoms with E-state index in [9.17, 15) is 14.7 Å². The van der Waals surface area contributed by atoms with Crippen LogP contribution in [0.15, 0.2) is 36.4 Å². The van der Waals surface area contributed by atoms with E-state index in [0.29, 0.717) is 18.0 Å². The van der Waals surface area contributed by atoms with E-state index in [1.807, 2.05) is 12.1 Å². The Hall–Kier alpha value is -1.85. The second-order valence-electron chi connectivity index (χ2n) is 5.49. The summed E-state index contributed by atoms with van der Waals surface area (Å²) < 4.78 is 5.45. The van der Waals surface area contributed by atoms with Crippen molar-refractivity contribution >= 4 is 23.5 Å². The minimum atomic E-state index is -1.24. The summed E-state index contributed by atoms with van der Waals surface area (Å²) in [6.45, 7) is 0.428. The first-order valence-corrected chi connectivity index (χ1v) is 7.51. The first-order chi connectivity index (χ1) is 10.6. The summed E-state index contributed by atoms with van der Waals surface area (Å²) in [6, 6.07) is 7.36. The SMILES string of the molecule is O=C([O-])[C@@H]1[C@H](C(=O)NCCc2ccc(Cl)cc2)[C@@H]2C=C[C@H]1O2. The minimum Gasteiger partial charge on any atom is -0.550 e. The molecule has 1 N–H and O–H groups in total. The molecule has 0 radical (unpaired) electrons. The van der Waals surface area contributed by atoms with Gasteiger partial charge in [0.25, 0.3) is 0 Å². The number of aliphatic carboxylic acids is 1. The van der Waals surface area contributed by atoms with Gasteiger partial charge in [-0.2, -0.15) is 0 Å². The second-order valence-corrected chi connectivity index (χ2v) is 5.92. The second kappa shape index (κ2) is 6.10. The average molecular weight is 321 g/mol. The van der Waals surface area contributed by atoms with E-state index in [1.165, 1.54) is 0 Å². The largest absolute Gasteiger partial charge is 0.550 e. The molecule has 22 heavy (non-hydrogen) atoms. The number of hydrogen-bond donors (Lipinski definition) is 1. The molecule has 5 nitrogen and oxygen atoms in total. The maximum atomic E-state index is 12.3. The number of carboxylic acids is 1. The zero-order chi connectivity index (χ0) is 15.7. The molecular weight excluding hydrogens is 306 g/mol. The zero-order valence-corrected chi connectivity index (χ0v) is 12.5. The molecule has 2 bridgehead atoms. The molecule has 0 saturated carbocycles. The van der Waals surface area contributed by atoms with Gasteiger partial charge in [0, 0.05) is 23.5 Å². The quantitative estimate of drug-likeness (QED) is 0.792. The number of ether oxygens (including phenoxy) is 1. The van der Waals surface area contributed by atoms with Crippen molar-refractivity contribution in [2.45, 2.75) is 18.6 Å². The van der Waals surface area contributed by atoms with Gasteiger partial charge in [0.2, 0.25) is 5.91 Å². The summed E-state index contributed by atoms with van der Waals surface area (Å²) in [5, 5.41) is 14.7. The Morgan fingerprint density at radius 1 is 1.14 bits per heavy atom. The molecule has 6 heteroatoms. The molecule has 1 fully saturated rings. The highest BCUT2D eigenvalue weighted by atomic mass is 35.5. The Kier molecular flexibility index (Phi) is 4.18. The third kappa shape index (κ3) is 2.87. The molecule has 2 aliphatic rings. The maximum absolute atomic E-state index is 12.3. The van der Waals surface area contributed by atoms with Crippen LogP contribution in [0.1, 0.15) is 5.56 Å². The fourth-order valence-electron chi connectivity index (χ4n) is 3.00. The van der Waals surface area contributed by atoms with E-state index in [4.69, 9.17) is 16.3 Å². The van der Waals surface area contributed by atoms with Crippen molar-refractivity contribution < 1.29 is 19.4 Å². The summed E-state index contributed by atoms with van der Waals surface area (Å²) in [7, 11) is 0. The molecule has 0 unspecified atom stereocenters. The van der Waals surface area contributed by atoms with Crippen molar-refractivity contribution in [3.05, 3.63) is 47.0 Å². The summed E-state index contributed by atoms with van der Waals surface area (Å²) in [4.78, 5) is 23.5. The monoisotopic (exact) mass is 320 g/mol. The van der Waals surface area contributed by atoms with Crippen LogP contribution in [-0.4, -0.2) is 30.6 Å². The maximum Gasteiger partial charge on any atom is 0.226 e. The number of hydrogen-bond acceptors (Lipinski definition) is 4. The standard InChI is InChI=1S/C16H16ClNO4/c17-10-3-1-9(2-4-10)7-8-18-15(19)13-11-5-6-12(22-11)14(13)16(20)21/h1-6,11-14H,7-8H2,(H,18,19)(H,20,21)/p-1/t11-,12+,13+,14-/m0/s1. The fourth-order valence-corrected chi connectivity index (χ4v) is 3.13. The number of benzene rings is 1. The number of rotatable bonds is 5. The average Bonchev–Trinajstić information content (AvgIpc) is 3.09. The molecule has 2 aliphatic heterocycles. The molecule has 1 saturated heterocycles. The van der Waals surface area contributed by atoms with Crippen molar-refractivity contribution in [2.75, 3.05) is 6.54 Å². The lowest BCUT2D eigenvalue weighted by Gasteiger charge is -2.24. The van der Waals surface area contributed by atoms with Crippen LogP contribution in [0, 0.1) is 11.8 Å². The van der Waals surface area contributed by atoms with Crippen LogP contribution in [0.3, 0.4) is 0 Å². The Morgan fingerprint density at radius 3 is 2.41 bits per heavy atom. The smallest absolute Gasteiger partial charge is 0.226 e. The van der Waals surface area contributed by atoms with Crippen LogP contribution in [0.2, 0.25) is 5.02 Å². The van der Waals surface area contributed by atoms with Gasteiger partial charge in [-0.15, -0.1) is 0 Å². The molecule has 1 amide bonds. The Balaban J connectivity index is 1.56. The van der Waals surface area contributed by atoms with E-state index in [2.05, 4.69) is 5.32 Å². The molecule has 0 spiro atoms. The Labute approximate surface area is 132 Å². The predicted octanol–water partition coefficient (Wildman–Crippen LogP) is 0.318. The van der Waals surface area contributed by atoms with Crippen molar-refractivity contribution in [1.82, 2.24) is 5.32 Å². The number of amides is 1. The number of carboxylic acid groups (broad SMARTS) is 1. The van der Waals surface area contributed by atoms with Gasteiger partial charge in [0.15, 0.2) is 0 Å². The third-order valence-electron chi connectivity index (χ3n) is 4.10. The number of halogens is 1. The van der Waals surface area contributed by atoms with E-state index in [0.717, 1.165) is 5.56 Å². The van der Waals surface area contributed by atoms with Crippen molar-refractivity contribution in [3.8, 4) is 0 Å². The molecule has 3 rings (SSSR count). The van der Waals surface area contributed by atoms with E-state index in [-0.39, 0.29) is 5.91 Å². The van der Waals surface area contributed by atoms with E-state index < -0.39 is 30.0 Å². The molecule has 4 atom stereocenters. The van der Waals surface area contributed by atoms with Crippen molar-refractivity contribution in [2.24, 2.45) is 11.8 Å². The number of carbonyl (C=O) groups is 2. The highest BCUT2D eigenvalue weighted by Gasteiger charge is 2.50. The number of carbonyl (C=O) groups excluding carboxylic acids is 2. The van der Waals surface area contributed by atoms with Gasteiger partial charge >= 0.3 is 0 Å². The lowest BCUT2D eigenvalue weighted by atomic mass is 9.82. The molecular formula is C16H15ClNO4-. The lowest BCUT2D eigenvalue weighted by molar-refractivity contribution is -0.313. The molecule has 116 valence electrons. The Morgan fingerprint density at radius 2 is 1.77 bits per heavy atom. The summed E-state index contributed by atoms with van der Waals surface area (Å²) >= 11 is 5.81. The van der Waals surface area contributed by atoms with Crippen molar-refractivity contribution in [1.29, 1.82) is 0 Å². The number of fused-ring (bicyclic) bond motifs is 2. The van der Waals surface area contributed by atoms with E-state index in [1.54, 1.807) is 24.3 Å². The summed E-state index contributed by atoms with van der Waals surface area (Å²) in [5.74, 6) is -3.18. The molecule has 0 aromatic heterocycles. The highest BCUT2D eigenvalue weighted by molar-refractivity contribution is 6.30. The minimum absolute atomic E-state index is 0.306. The fraction of sp³-hybridized carbons (Fsp3) is 0.375. The van der Waals surface area contributed by atoms with Crippen LogP contribution in [-0.2, 0) is 20.7 Å². The summed E-state index contributed by atoms with van der Waals surface area (Å²) in [6.07, 6.45) is 3.05. The van der Waals surface area contributed by atoms with Gasteiger partial charge in [-0.25, -0.2) is 0 Å². The van der Waals surface area contributed by atoms with Crippen molar-refractivity contribution in [3.63, 3.8) is 0 Å². The first kappa shape index (κ1) is 15.1. The van der Waals surface area contributed by atoms with Crippen LogP contribution in [0.25, 0.3) is 0 Å². The van der Waals surface area contributed by atoms with Gasteiger partial charge in [-0.1, -0.05) is 35.9 Å². The van der Waals surface area contributed by atoms with Crippen LogP contribution < -0.4 is 10.4 Å². The normalized spacial score (nSPS) is 28.8. The highest BCUT2D eigenvalue weighted by Crippen LogP contribution is 2.38. The zero-order valence-electron chi connectivity index (χ0n) is 11.7. The Bertz CT molecular complexity index is 613. The van der Waals surface area contributed by atoms with Gasteiger partial charge in [-0.3, -0.25) is 4.79 Å². The van der Waals surface area contributed by atoms with E-state index >= 15 is 0 Å². The van der Waals surface area contributed by atoms with Gasteiger partial charge in [0.05, 0.1) is 18.1 Å². The summed E-state index contributed by atoms with van der Waals surface area (Å²) in [5.41, 5.74) is 1.05. The van der Waals surface area contributed by atoms with Crippen LogP contribution >= 0.6 is 11.6 Å². The molecule has 2 heterocycles. The van der Waals surface area contributed by atoms with Crippen LogP contribution in [0.4, 0.5) is 0 Å². The molecule has 1 aromatic carbocycles. The van der Waals surface area contributed by atoms with Gasteiger partial charge < -0.3 is 20.0 Å². The molecule has 0 aliphatic carbocycles. The lowest BCUT2D eigenvalue weighted by Crippen LogP contribution is -2.47. The first-order valence-electron chi connectivity index (χ1n) is 7.13. The van der Waals surface area contributed by atoms with Crippen LogP contribution in [0.5, 0.6) is 0 Å². The van der Waals surface area contributed by atoms with Gasteiger partial charge in [0.1, 0.15) is 0 Å². The molecule has 1 aromatic rings.